The summed E-state index contributed by atoms with van der Waals surface area (Å²) < 4.78 is 0. The molecule has 1 aromatic carbocycles. The van der Waals surface area contributed by atoms with Gasteiger partial charge < -0.3 is 16.6 Å². The normalized spacial score (nSPS) is 10.9. The quantitative estimate of drug-likeness (QED) is 0.445. The van der Waals surface area contributed by atoms with E-state index in [9.17, 15) is 0 Å². The van der Waals surface area contributed by atoms with Crippen LogP contribution in [0.2, 0.25) is 5.02 Å². The van der Waals surface area contributed by atoms with Gasteiger partial charge in [-0.2, -0.15) is 0 Å². The van der Waals surface area contributed by atoms with E-state index in [1.54, 1.807) is 24.2 Å². The topological polar surface area (TPSA) is 104 Å². The maximum atomic E-state index is 7.96. The van der Waals surface area contributed by atoms with Crippen molar-refractivity contribution < 1.29 is 0 Å². The third-order valence-corrected chi connectivity index (χ3v) is 4.37. The molecule has 0 amide bonds. The van der Waals surface area contributed by atoms with Gasteiger partial charge in [-0.25, -0.2) is 15.0 Å². The molecule has 8 heteroatoms. The maximum absolute atomic E-state index is 7.96. The minimum atomic E-state index is 0.238. The summed E-state index contributed by atoms with van der Waals surface area (Å²) in [5, 5.41) is 10.2. The molecule has 0 aliphatic rings. The number of aromatic nitrogens is 3. The summed E-state index contributed by atoms with van der Waals surface area (Å²) in [6.45, 7) is 3.66. The van der Waals surface area contributed by atoms with Crippen molar-refractivity contribution in [1.29, 1.82) is 5.41 Å². The number of halogens is 1. The van der Waals surface area contributed by atoms with E-state index in [1.165, 1.54) is 0 Å². The van der Waals surface area contributed by atoms with E-state index in [2.05, 4.69) is 20.4 Å². The van der Waals surface area contributed by atoms with Gasteiger partial charge in [-0.15, -0.1) is 0 Å². The van der Waals surface area contributed by atoms with Gasteiger partial charge in [-0.1, -0.05) is 23.7 Å². The van der Waals surface area contributed by atoms with Crippen LogP contribution in [0.3, 0.4) is 0 Å². The molecule has 0 aliphatic carbocycles. The zero-order valence-corrected chi connectivity index (χ0v) is 17.0. The number of nitrogens with two attached hydrogens (primary N) is 1. The Labute approximate surface area is 169 Å². The first-order valence-electron chi connectivity index (χ1n) is 8.66. The summed E-state index contributed by atoms with van der Waals surface area (Å²) in [7, 11) is 3.67. The number of hydrazine groups is 1. The van der Waals surface area contributed by atoms with E-state index in [1.807, 2.05) is 45.3 Å². The average Bonchev–Trinajstić information content (AvgIpc) is 2.60. The zero-order chi connectivity index (χ0) is 20.4. The molecule has 0 saturated heterocycles. The predicted octanol–water partition coefficient (Wildman–Crippen LogP) is 4.03. The lowest BCUT2D eigenvalue weighted by Crippen LogP contribution is -2.23. The second-order valence-electron chi connectivity index (χ2n) is 6.70. The van der Waals surface area contributed by atoms with Gasteiger partial charge in [0.05, 0.1) is 16.3 Å². The standard InChI is InChI=1S/C20H22ClN7/c1-11-7-8-24-16(9-11)14-6-5-13(10-15(14)21)19-25-18(23)17(12(2)22)20(26-19)27-28(3)4/h5-10,22H,1-4H3,(H3,23,25,26,27). The predicted molar refractivity (Wildman–Crippen MR) is 115 cm³/mol. The van der Waals surface area contributed by atoms with Crippen LogP contribution in [0, 0.1) is 12.3 Å². The third kappa shape index (κ3) is 4.11. The van der Waals surface area contributed by atoms with Crippen LogP contribution in [0.25, 0.3) is 22.6 Å². The molecule has 3 aromatic rings. The van der Waals surface area contributed by atoms with E-state index in [0.29, 0.717) is 22.2 Å². The fourth-order valence-corrected chi connectivity index (χ4v) is 3.09. The SMILES string of the molecule is CC(=N)c1c(N)nc(-c2ccc(-c3cc(C)ccn3)c(Cl)c2)nc1NN(C)C. The number of hydrogen-bond acceptors (Lipinski definition) is 7. The molecule has 2 heterocycles. The lowest BCUT2D eigenvalue weighted by molar-refractivity contribution is 0.492. The van der Waals surface area contributed by atoms with Crippen molar-refractivity contribution >= 4 is 28.9 Å². The van der Waals surface area contributed by atoms with Crippen molar-refractivity contribution in [1.82, 2.24) is 20.0 Å². The Bertz CT molecular complexity index is 1050. The van der Waals surface area contributed by atoms with Crippen LogP contribution in [0.5, 0.6) is 0 Å². The summed E-state index contributed by atoms with van der Waals surface area (Å²) in [6.07, 6.45) is 1.76. The molecule has 0 spiro atoms. The fraction of sp³-hybridized carbons (Fsp3) is 0.200. The number of hydrogen-bond donors (Lipinski definition) is 3. The molecule has 0 unspecified atom stereocenters. The lowest BCUT2D eigenvalue weighted by Gasteiger charge is -2.18. The Morgan fingerprint density at radius 1 is 1.18 bits per heavy atom. The minimum Gasteiger partial charge on any atom is -0.383 e. The van der Waals surface area contributed by atoms with E-state index in [4.69, 9.17) is 22.7 Å². The highest BCUT2D eigenvalue weighted by Gasteiger charge is 2.17. The number of pyridine rings is 1. The Morgan fingerprint density at radius 2 is 1.93 bits per heavy atom. The number of aryl methyl sites for hydroxylation is 1. The summed E-state index contributed by atoms with van der Waals surface area (Å²) in [5.74, 6) is 1.14. The zero-order valence-electron chi connectivity index (χ0n) is 16.2. The fourth-order valence-electron chi connectivity index (χ4n) is 2.82. The molecule has 0 saturated carbocycles. The largest absolute Gasteiger partial charge is 0.383 e. The smallest absolute Gasteiger partial charge is 0.164 e. The number of benzene rings is 1. The lowest BCUT2D eigenvalue weighted by atomic mass is 10.1. The molecule has 0 fully saturated rings. The first-order valence-corrected chi connectivity index (χ1v) is 9.04. The van der Waals surface area contributed by atoms with Gasteiger partial charge in [0.25, 0.3) is 0 Å². The monoisotopic (exact) mass is 395 g/mol. The molecule has 0 bridgehead atoms. The molecule has 0 atom stereocenters. The van der Waals surface area contributed by atoms with E-state index < -0.39 is 0 Å². The van der Waals surface area contributed by atoms with Gasteiger partial charge in [0.15, 0.2) is 11.6 Å². The van der Waals surface area contributed by atoms with E-state index in [0.717, 1.165) is 22.4 Å². The van der Waals surface area contributed by atoms with Crippen LogP contribution in [-0.4, -0.2) is 39.8 Å². The van der Waals surface area contributed by atoms with Crippen LogP contribution in [0.1, 0.15) is 18.1 Å². The first-order chi connectivity index (χ1) is 13.3. The van der Waals surface area contributed by atoms with E-state index >= 15 is 0 Å². The van der Waals surface area contributed by atoms with Gasteiger partial charge in [0, 0.05) is 37.1 Å². The minimum absolute atomic E-state index is 0.238. The number of anilines is 2. The van der Waals surface area contributed by atoms with Gasteiger partial charge in [-0.05, 0) is 37.6 Å². The van der Waals surface area contributed by atoms with Gasteiger partial charge >= 0.3 is 0 Å². The molecule has 0 radical (unpaired) electrons. The van der Waals surface area contributed by atoms with Crippen LogP contribution in [-0.2, 0) is 0 Å². The summed E-state index contributed by atoms with van der Waals surface area (Å²) in [5.41, 5.74) is 13.4. The second kappa shape index (κ2) is 7.92. The van der Waals surface area contributed by atoms with Crippen molar-refractivity contribution in [2.24, 2.45) is 0 Å². The molecule has 2 aromatic heterocycles. The Morgan fingerprint density at radius 3 is 2.54 bits per heavy atom. The molecule has 144 valence electrons. The highest BCUT2D eigenvalue weighted by molar-refractivity contribution is 6.33. The van der Waals surface area contributed by atoms with Crippen LogP contribution in [0.15, 0.2) is 36.5 Å². The molecular formula is C20H22ClN7. The molecular weight excluding hydrogens is 374 g/mol. The summed E-state index contributed by atoms with van der Waals surface area (Å²) in [6, 6.07) is 9.50. The number of nitrogen functional groups attached to an aromatic ring is 1. The number of nitrogens with zero attached hydrogens (tertiary/aromatic N) is 4. The van der Waals surface area contributed by atoms with Crippen LogP contribution in [0.4, 0.5) is 11.6 Å². The first kappa shape index (κ1) is 19.7. The summed E-state index contributed by atoms with van der Waals surface area (Å²) in [4.78, 5) is 13.3. The summed E-state index contributed by atoms with van der Waals surface area (Å²) >= 11 is 6.53. The Kier molecular flexibility index (Phi) is 5.58. The van der Waals surface area contributed by atoms with E-state index in [-0.39, 0.29) is 11.5 Å². The molecule has 3 rings (SSSR count). The number of nitrogens with one attached hydrogen (secondary N) is 2. The van der Waals surface area contributed by atoms with Crippen molar-refractivity contribution in [3.8, 4) is 22.6 Å². The molecule has 7 nitrogen and oxygen atoms in total. The highest BCUT2D eigenvalue weighted by atomic mass is 35.5. The maximum Gasteiger partial charge on any atom is 0.164 e. The van der Waals surface area contributed by atoms with Crippen molar-refractivity contribution in [2.45, 2.75) is 13.8 Å². The van der Waals surface area contributed by atoms with Gasteiger partial charge in [-0.3, -0.25) is 4.98 Å². The van der Waals surface area contributed by atoms with Crippen molar-refractivity contribution in [2.75, 3.05) is 25.3 Å². The van der Waals surface area contributed by atoms with Crippen LogP contribution < -0.4 is 11.2 Å². The highest BCUT2D eigenvalue weighted by Crippen LogP contribution is 2.32. The van der Waals surface area contributed by atoms with Gasteiger partial charge in [0.2, 0.25) is 0 Å². The van der Waals surface area contributed by atoms with Crippen molar-refractivity contribution in [3.63, 3.8) is 0 Å². The Balaban J connectivity index is 2.07. The van der Waals surface area contributed by atoms with Crippen molar-refractivity contribution in [3.05, 3.63) is 52.7 Å². The molecule has 0 aliphatic heterocycles. The van der Waals surface area contributed by atoms with Crippen LogP contribution >= 0.6 is 11.6 Å². The second-order valence-corrected chi connectivity index (χ2v) is 7.11. The third-order valence-electron chi connectivity index (χ3n) is 4.06. The van der Waals surface area contributed by atoms with Gasteiger partial charge in [0.1, 0.15) is 5.82 Å². The molecule has 4 N–H and O–H groups in total. The average molecular weight is 396 g/mol. The molecule has 28 heavy (non-hydrogen) atoms. The number of rotatable bonds is 5. The Hall–Kier alpha value is -3.03.